The number of carbonyl (C=O) groups excluding carboxylic acids is 2. The number of nitrogen functional groups attached to an aromatic ring is 1. The van der Waals surface area contributed by atoms with Crippen LogP contribution >= 0.6 is 0 Å². The van der Waals surface area contributed by atoms with E-state index in [4.69, 9.17) is 10.5 Å². The van der Waals surface area contributed by atoms with Crippen molar-refractivity contribution in [2.24, 2.45) is 0 Å². The molecule has 0 saturated heterocycles. The molecule has 0 aromatic heterocycles. The first kappa shape index (κ1) is 20.1. The molecule has 3 N–H and O–H groups in total. The van der Waals surface area contributed by atoms with Crippen LogP contribution in [0.4, 0.5) is 5.69 Å². The summed E-state index contributed by atoms with van der Waals surface area (Å²) in [6.07, 6.45) is 4.39. The molecule has 2 aromatic carbocycles. The molecule has 5 heteroatoms. The number of rotatable bonds is 6. The van der Waals surface area contributed by atoms with Crippen molar-refractivity contribution in [3.8, 4) is 11.1 Å². The van der Waals surface area contributed by atoms with Gasteiger partial charge in [-0.25, -0.2) is 0 Å². The van der Waals surface area contributed by atoms with Gasteiger partial charge in [-0.05, 0) is 49.1 Å². The summed E-state index contributed by atoms with van der Waals surface area (Å²) in [6.45, 7) is 1.75. The highest BCUT2D eigenvalue weighted by Crippen LogP contribution is 2.35. The van der Waals surface area contributed by atoms with Crippen molar-refractivity contribution in [3.05, 3.63) is 54.1 Å². The van der Waals surface area contributed by atoms with Crippen LogP contribution in [-0.2, 0) is 9.53 Å². The summed E-state index contributed by atoms with van der Waals surface area (Å²) in [6, 6.07) is 14.7. The van der Waals surface area contributed by atoms with E-state index in [0.717, 1.165) is 30.4 Å². The number of hydrogen-bond acceptors (Lipinski definition) is 5. The van der Waals surface area contributed by atoms with Crippen LogP contribution in [0.15, 0.2) is 48.5 Å². The topological polar surface area (TPSA) is 81.4 Å². The minimum Gasteiger partial charge on any atom is -0.468 e. The molecule has 0 radical (unpaired) electrons. The number of ether oxygens (including phenoxy) is 1. The molecule has 5 nitrogen and oxygen atoms in total. The zero-order chi connectivity index (χ0) is 20.1. The molecule has 1 unspecified atom stereocenters. The molecule has 2 aromatic rings. The van der Waals surface area contributed by atoms with Crippen molar-refractivity contribution in [2.45, 2.75) is 50.6 Å². The fourth-order valence-corrected chi connectivity index (χ4v) is 4.12. The maximum Gasteiger partial charge on any atom is 0.322 e. The summed E-state index contributed by atoms with van der Waals surface area (Å²) < 4.78 is 4.86. The van der Waals surface area contributed by atoms with Gasteiger partial charge >= 0.3 is 5.97 Å². The second kappa shape index (κ2) is 8.57. The van der Waals surface area contributed by atoms with Gasteiger partial charge in [0.25, 0.3) is 0 Å². The summed E-state index contributed by atoms with van der Waals surface area (Å²) >= 11 is 0. The van der Waals surface area contributed by atoms with E-state index in [1.54, 1.807) is 19.1 Å². The van der Waals surface area contributed by atoms with Crippen molar-refractivity contribution in [2.75, 3.05) is 12.8 Å². The second-order valence-electron chi connectivity index (χ2n) is 7.53. The van der Waals surface area contributed by atoms with E-state index in [-0.39, 0.29) is 11.8 Å². The van der Waals surface area contributed by atoms with Crippen molar-refractivity contribution >= 4 is 17.4 Å². The van der Waals surface area contributed by atoms with E-state index in [9.17, 15) is 9.59 Å². The highest BCUT2D eigenvalue weighted by molar-refractivity contribution is 6.08. The third-order valence-corrected chi connectivity index (χ3v) is 5.56. The van der Waals surface area contributed by atoms with Gasteiger partial charge in [0.05, 0.1) is 12.6 Å². The lowest BCUT2D eigenvalue weighted by Crippen LogP contribution is -2.58. The van der Waals surface area contributed by atoms with Gasteiger partial charge in [-0.15, -0.1) is 0 Å². The molecule has 1 atom stereocenters. The predicted octanol–water partition coefficient (Wildman–Crippen LogP) is 3.97. The highest BCUT2D eigenvalue weighted by Gasteiger charge is 2.42. The molecule has 0 aliphatic heterocycles. The third kappa shape index (κ3) is 4.09. The molecule has 148 valence electrons. The van der Waals surface area contributed by atoms with E-state index >= 15 is 0 Å². The van der Waals surface area contributed by atoms with Crippen molar-refractivity contribution < 1.29 is 14.3 Å². The van der Waals surface area contributed by atoms with Crippen LogP contribution in [0, 0.1) is 0 Å². The fraction of sp³-hybridized carbons (Fsp3) is 0.391. The smallest absolute Gasteiger partial charge is 0.322 e. The van der Waals surface area contributed by atoms with Gasteiger partial charge in [0.15, 0.2) is 5.78 Å². The Hall–Kier alpha value is -2.66. The second-order valence-corrected chi connectivity index (χ2v) is 7.53. The molecule has 3 rings (SSSR count). The van der Waals surface area contributed by atoms with Crippen LogP contribution in [0.3, 0.4) is 0 Å². The molecule has 1 saturated carbocycles. The first-order chi connectivity index (χ1) is 13.5. The summed E-state index contributed by atoms with van der Waals surface area (Å²) in [7, 11) is 1.36. The first-order valence-corrected chi connectivity index (χ1v) is 9.82. The monoisotopic (exact) mass is 380 g/mol. The van der Waals surface area contributed by atoms with Crippen molar-refractivity contribution in [1.29, 1.82) is 0 Å². The molecule has 0 spiro atoms. The average Bonchev–Trinajstić information content (AvgIpc) is 2.73. The number of benzene rings is 2. The number of carbonyl (C=O) groups is 2. The maximum absolute atomic E-state index is 13.8. The molecule has 0 amide bonds. The number of ketones is 1. The van der Waals surface area contributed by atoms with Gasteiger partial charge in [-0.2, -0.15) is 0 Å². The van der Waals surface area contributed by atoms with Gasteiger partial charge in [0.2, 0.25) is 0 Å². The molecule has 28 heavy (non-hydrogen) atoms. The number of methoxy groups -OCH3 is 1. The number of anilines is 1. The van der Waals surface area contributed by atoms with E-state index in [2.05, 4.69) is 5.32 Å². The van der Waals surface area contributed by atoms with Gasteiger partial charge < -0.3 is 10.5 Å². The molecular weight excluding hydrogens is 352 g/mol. The molecule has 1 aliphatic carbocycles. The quantitative estimate of drug-likeness (QED) is 0.450. The van der Waals surface area contributed by atoms with Crippen LogP contribution in [0.5, 0.6) is 0 Å². The van der Waals surface area contributed by atoms with Gasteiger partial charge in [-0.3, -0.25) is 14.9 Å². The SMILES string of the molecule is COC(=O)C(C)NC1(C(=O)c2ccc(N)cc2-c2ccccc2)CCCCC1. The Morgan fingerprint density at radius 2 is 1.75 bits per heavy atom. The number of nitrogens with two attached hydrogens (primary N) is 1. The average molecular weight is 380 g/mol. The molecular formula is C23H28N2O3. The Bertz CT molecular complexity index is 842. The lowest BCUT2D eigenvalue weighted by atomic mass is 9.75. The normalized spacial score (nSPS) is 16.9. The predicted molar refractivity (Wildman–Crippen MR) is 111 cm³/mol. The van der Waals surface area contributed by atoms with Gasteiger partial charge in [-0.1, -0.05) is 49.6 Å². The van der Waals surface area contributed by atoms with Crippen molar-refractivity contribution in [1.82, 2.24) is 5.32 Å². The molecule has 0 bridgehead atoms. The van der Waals surface area contributed by atoms with Crippen LogP contribution in [0.25, 0.3) is 11.1 Å². The van der Waals surface area contributed by atoms with Gasteiger partial charge in [0.1, 0.15) is 6.04 Å². The molecule has 0 heterocycles. The fourth-order valence-electron chi connectivity index (χ4n) is 4.12. The number of nitrogens with one attached hydrogen (secondary N) is 1. The van der Waals surface area contributed by atoms with Crippen LogP contribution in [-0.4, -0.2) is 30.4 Å². The Morgan fingerprint density at radius 1 is 1.07 bits per heavy atom. The zero-order valence-electron chi connectivity index (χ0n) is 16.5. The third-order valence-electron chi connectivity index (χ3n) is 5.56. The van der Waals surface area contributed by atoms with E-state index in [1.807, 2.05) is 36.4 Å². The van der Waals surface area contributed by atoms with Crippen LogP contribution in [0.2, 0.25) is 0 Å². The summed E-state index contributed by atoms with van der Waals surface area (Å²) in [4.78, 5) is 25.8. The number of Topliss-reactive ketones (excluding diaryl/α,β-unsaturated/α-hetero) is 1. The first-order valence-electron chi connectivity index (χ1n) is 9.82. The number of esters is 1. The maximum atomic E-state index is 13.8. The minimum absolute atomic E-state index is 0.0156. The van der Waals surface area contributed by atoms with E-state index in [0.29, 0.717) is 24.1 Å². The van der Waals surface area contributed by atoms with E-state index in [1.165, 1.54) is 7.11 Å². The van der Waals surface area contributed by atoms with Crippen molar-refractivity contribution in [3.63, 3.8) is 0 Å². The Kier molecular flexibility index (Phi) is 6.15. The standard InChI is InChI=1S/C23H28N2O3/c1-16(22(27)28-2)25-23(13-7-4-8-14-23)21(26)19-12-11-18(24)15-20(19)17-9-5-3-6-10-17/h3,5-6,9-12,15-16,25H,4,7-8,13-14,24H2,1-2H3. The van der Waals surface area contributed by atoms with Crippen LogP contribution < -0.4 is 11.1 Å². The Labute approximate surface area is 166 Å². The largest absolute Gasteiger partial charge is 0.468 e. The lowest BCUT2D eigenvalue weighted by Gasteiger charge is -2.39. The number of hydrogen-bond donors (Lipinski definition) is 2. The van der Waals surface area contributed by atoms with E-state index < -0.39 is 11.6 Å². The summed E-state index contributed by atoms with van der Waals surface area (Å²) in [5.74, 6) is -0.347. The van der Waals surface area contributed by atoms with Gasteiger partial charge in [0, 0.05) is 11.3 Å². The Morgan fingerprint density at radius 3 is 2.39 bits per heavy atom. The Balaban J connectivity index is 2.03. The zero-order valence-corrected chi connectivity index (χ0v) is 16.5. The highest BCUT2D eigenvalue weighted by atomic mass is 16.5. The summed E-state index contributed by atoms with van der Waals surface area (Å²) in [5, 5.41) is 3.32. The summed E-state index contributed by atoms with van der Waals surface area (Å²) in [5.41, 5.74) is 8.27. The molecule has 1 fully saturated rings. The lowest BCUT2D eigenvalue weighted by molar-refractivity contribution is -0.143. The minimum atomic E-state index is -0.772. The molecule has 1 aliphatic rings. The van der Waals surface area contributed by atoms with Crippen LogP contribution in [0.1, 0.15) is 49.4 Å².